The molecule has 1 fully saturated rings. The largest absolute Gasteiger partial charge is 4.00 e. The van der Waals surface area contributed by atoms with Gasteiger partial charge in [-0.25, -0.2) is 24.3 Å². The molecule has 0 N–H and O–H groups in total. The van der Waals surface area contributed by atoms with E-state index in [-0.39, 0.29) is 46.5 Å². The van der Waals surface area contributed by atoms with Crippen molar-refractivity contribution >= 4 is 13.3 Å². The molecule has 1 aromatic carbocycles. The van der Waals surface area contributed by atoms with Crippen molar-refractivity contribution in [3.63, 3.8) is 0 Å². The van der Waals surface area contributed by atoms with Crippen LogP contribution in [0.2, 0.25) is 18.1 Å². The second kappa shape index (κ2) is 11.1. The quantitative estimate of drug-likeness (QED) is 0.421. The van der Waals surface area contributed by atoms with E-state index in [1.807, 2.05) is 12.2 Å². The van der Waals surface area contributed by atoms with E-state index in [1.165, 1.54) is 12.5 Å². The van der Waals surface area contributed by atoms with E-state index in [0.29, 0.717) is 0 Å². The Bertz CT molecular complexity index is 352. The maximum absolute atomic E-state index is 2.99. The third kappa shape index (κ3) is 5.69. The van der Waals surface area contributed by atoms with Gasteiger partial charge in [-0.05, 0) is 0 Å². The zero-order valence-corrected chi connectivity index (χ0v) is 15.4. The molecule has 102 valence electrons. The summed E-state index contributed by atoms with van der Waals surface area (Å²) in [6.07, 6.45) is 11.5. The van der Waals surface area contributed by atoms with Gasteiger partial charge in [0.05, 0.1) is 0 Å². The topological polar surface area (TPSA) is 0 Å². The van der Waals surface area contributed by atoms with Gasteiger partial charge in [0.25, 0.3) is 0 Å². The average molecular weight is 347 g/mol. The van der Waals surface area contributed by atoms with Crippen molar-refractivity contribution in [2.45, 2.75) is 37.9 Å². The third-order valence-electron chi connectivity index (χ3n) is 3.85. The van der Waals surface area contributed by atoms with Crippen LogP contribution < -0.4 is 30.0 Å². The molecule has 4 heteroatoms. The normalized spacial score (nSPS) is 16.9. The van der Waals surface area contributed by atoms with Crippen LogP contribution in [0, 0.1) is 6.08 Å². The summed E-state index contributed by atoms with van der Waals surface area (Å²) >= 11 is 0. The molecule has 1 aromatic rings. The molecule has 0 amide bonds. The summed E-state index contributed by atoms with van der Waals surface area (Å²) in [5.41, 5.74) is 0. The first-order chi connectivity index (χ1) is 7.87. The Morgan fingerprint density at radius 3 is 2.05 bits per heavy atom. The fourth-order valence-corrected chi connectivity index (χ4v) is 6.32. The predicted octanol–water partition coefficient (Wildman–Crippen LogP) is -2.20. The van der Waals surface area contributed by atoms with Gasteiger partial charge in [-0.15, -0.1) is 6.42 Å². The van der Waals surface area contributed by atoms with E-state index >= 15 is 0 Å². The first-order valence-corrected chi connectivity index (χ1v) is 8.93. The molecule has 0 aromatic heterocycles. The van der Waals surface area contributed by atoms with E-state index in [9.17, 15) is 0 Å². The number of rotatable bonds is 2. The Morgan fingerprint density at radius 2 is 1.79 bits per heavy atom. The fourth-order valence-electron chi connectivity index (χ4n) is 2.52. The van der Waals surface area contributed by atoms with Crippen LogP contribution in [0.15, 0.2) is 42.5 Å². The van der Waals surface area contributed by atoms with Crippen molar-refractivity contribution in [2.24, 2.45) is 0 Å². The van der Waals surface area contributed by atoms with Crippen LogP contribution in [-0.2, 0) is 21.7 Å². The van der Waals surface area contributed by atoms with Crippen LogP contribution in [0.4, 0.5) is 0 Å². The van der Waals surface area contributed by atoms with Crippen molar-refractivity contribution in [3.05, 3.63) is 48.6 Å². The molecule has 0 nitrogen and oxygen atoms in total. The molecule has 0 atom stereocenters. The summed E-state index contributed by atoms with van der Waals surface area (Å²) in [5.74, 6) is 0. The van der Waals surface area contributed by atoms with Crippen LogP contribution in [0.3, 0.4) is 0 Å². The Balaban J connectivity index is 0. The van der Waals surface area contributed by atoms with Crippen molar-refractivity contribution < 1.29 is 46.5 Å². The molecular formula is C15H20Cl2SiTi. The summed E-state index contributed by atoms with van der Waals surface area (Å²) in [5, 5.41) is 1.71. The van der Waals surface area contributed by atoms with Gasteiger partial charge in [0.1, 0.15) is 0 Å². The van der Waals surface area contributed by atoms with Crippen molar-refractivity contribution in [3.8, 4) is 0 Å². The molecule has 0 radical (unpaired) electrons. The Hall–Kier alpha value is 0.341. The number of halogens is 2. The zero-order valence-electron chi connectivity index (χ0n) is 11.3. The standard InChI is InChI=1S/C10H15Si.C5H5.2ClH.Ti/c1-2-11(8-5-9-11)10-6-3-4-7-10;1-2-4-5-3-1;;;/h3-4,6-7H,2,5,8-9H2,1H3;1-3H,4H2;2*1H;/q2*-1;;;+4/p-2. The minimum atomic E-state index is -0.841. The minimum absolute atomic E-state index is 0. The van der Waals surface area contributed by atoms with E-state index in [4.69, 9.17) is 0 Å². The minimum Gasteiger partial charge on any atom is -1.00 e. The average Bonchev–Trinajstić information content (AvgIpc) is 2.93. The van der Waals surface area contributed by atoms with E-state index in [2.05, 4.69) is 43.3 Å². The van der Waals surface area contributed by atoms with Gasteiger partial charge < -0.3 is 24.8 Å². The number of hydrogen-bond acceptors (Lipinski definition) is 0. The van der Waals surface area contributed by atoms with Crippen LogP contribution >= 0.6 is 0 Å². The molecule has 1 aliphatic heterocycles. The first-order valence-electron chi connectivity index (χ1n) is 6.31. The maximum Gasteiger partial charge on any atom is 4.00 e. The molecule has 1 saturated heterocycles. The number of hydrogen-bond donors (Lipinski definition) is 0. The fraction of sp³-hybridized carbons (Fsp3) is 0.400. The predicted molar refractivity (Wildman–Crippen MR) is 73.7 cm³/mol. The van der Waals surface area contributed by atoms with E-state index in [1.54, 1.807) is 17.3 Å². The van der Waals surface area contributed by atoms with Gasteiger partial charge >= 0.3 is 21.7 Å². The van der Waals surface area contributed by atoms with Gasteiger partial charge in [-0.1, -0.05) is 31.5 Å². The molecule has 2 aliphatic rings. The van der Waals surface area contributed by atoms with Crippen LogP contribution in [-0.4, -0.2) is 8.07 Å². The summed E-state index contributed by atoms with van der Waals surface area (Å²) in [7, 11) is -0.841. The van der Waals surface area contributed by atoms with Gasteiger partial charge in [-0.2, -0.15) is 23.4 Å². The third-order valence-corrected chi connectivity index (χ3v) is 9.38. The molecule has 3 rings (SSSR count). The van der Waals surface area contributed by atoms with Gasteiger partial charge in [-0.3, -0.25) is 6.08 Å². The molecule has 0 bridgehead atoms. The second-order valence-electron chi connectivity index (χ2n) is 4.66. The van der Waals surface area contributed by atoms with Gasteiger partial charge in [0.15, 0.2) is 0 Å². The number of allylic oxidation sites excluding steroid dienone is 4. The molecule has 0 unspecified atom stereocenters. The molecular weight excluding hydrogens is 327 g/mol. The van der Waals surface area contributed by atoms with Crippen LogP contribution in [0.25, 0.3) is 0 Å². The van der Waals surface area contributed by atoms with E-state index < -0.39 is 8.07 Å². The Kier molecular flexibility index (Phi) is 12.6. The summed E-state index contributed by atoms with van der Waals surface area (Å²) in [6.45, 7) is 2.37. The summed E-state index contributed by atoms with van der Waals surface area (Å²) in [4.78, 5) is 0. The Labute approximate surface area is 145 Å². The smallest absolute Gasteiger partial charge is 1.00 e. The van der Waals surface area contributed by atoms with Crippen molar-refractivity contribution in [1.82, 2.24) is 0 Å². The maximum atomic E-state index is 2.99. The second-order valence-corrected chi connectivity index (χ2v) is 9.51. The SMILES string of the molecule is CC[Si]1([c-]2cccc2)CCC1.[C-]1=CC=CC1.[Cl-].[Cl-].[Ti+4]. The van der Waals surface area contributed by atoms with E-state index in [0.717, 1.165) is 6.42 Å². The zero-order chi connectivity index (χ0) is 11.3. The molecule has 19 heavy (non-hydrogen) atoms. The van der Waals surface area contributed by atoms with Gasteiger partial charge in [0.2, 0.25) is 0 Å². The Morgan fingerprint density at radius 1 is 1.16 bits per heavy atom. The summed E-state index contributed by atoms with van der Waals surface area (Å²) in [6, 6.07) is 13.6. The monoisotopic (exact) mass is 346 g/mol. The molecule has 1 aliphatic carbocycles. The van der Waals surface area contributed by atoms with Crippen molar-refractivity contribution in [2.75, 3.05) is 0 Å². The molecule has 0 saturated carbocycles. The van der Waals surface area contributed by atoms with Gasteiger partial charge in [0, 0.05) is 8.07 Å². The van der Waals surface area contributed by atoms with Crippen LogP contribution in [0.1, 0.15) is 19.8 Å². The molecule has 1 heterocycles. The summed E-state index contributed by atoms with van der Waals surface area (Å²) < 4.78 is 0. The molecule has 0 spiro atoms. The first kappa shape index (κ1) is 21.6. The van der Waals surface area contributed by atoms with Crippen LogP contribution in [0.5, 0.6) is 0 Å². The van der Waals surface area contributed by atoms with Crippen molar-refractivity contribution in [1.29, 1.82) is 0 Å².